The van der Waals surface area contributed by atoms with Crippen LogP contribution in [0.4, 0.5) is 0 Å². The molecule has 1 N–H and O–H groups in total. The first-order valence-electron chi connectivity index (χ1n) is 7.21. The Hall–Kier alpha value is -2.25. The quantitative estimate of drug-likeness (QED) is 0.930. The number of benzene rings is 1. The van der Waals surface area contributed by atoms with Crippen LogP contribution >= 0.6 is 11.3 Å². The van der Waals surface area contributed by atoms with E-state index in [4.69, 9.17) is 9.84 Å². The van der Waals surface area contributed by atoms with Crippen molar-refractivity contribution in [2.45, 2.75) is 13.0 Å². The second-order valence-electron chi connectivity index (χ2n) is 5.32. The van der Waals surface area contributed by atoms with E-state index < -0.39 is 12.1 Å². The molecule has 3 rings (SSSR count). The van der Waals surface area contributed by atoms with Crippen molar-refractivity contribution in [1.82, 2.24) is 9.88 Å². The molecule has 1 fully saturated rings. The van der Waals surface area contributed by atoms with Crippen LogP contribution in [0.25, 0.3) is 10.6 Å². The molecule has 120 valence electrons. The van der Waals surface area contributed by atoms with Gasteiger partial charge in [-0.25, -0.2) is 9.78 Å². The number of carbonyl (C=O) groups excluding carboxylic acids is 1. The molecular formula is C16H16N2O4S. The van der Waals surface area contributed by atoms with Crippen LogP contribution in [0.3, 0.4) is 0 Å². The molecule has 6 nitrogen and oxygen atoms in total. The third-order valence-corrected chi connectivity index (χ3v) is 4.64. The molecule has 0 radical (unpaired) electrons. The van der Waals surface area contributed by atoms with Crippen molar-refractivity contribution in [3.05, 3.63) is 40.9 Å². The third-order valence-electron chi connectivity index (χ3n) is 3.63. The Balaban J connectivity index is 1.74. The smallest absolute Gasteiger partial charge is 0.334 e. The number of hydrogen-bond donors (Lipinski definition) is 1. The van der Waals surface area contributed by atoms with E-state index in [1.165, 1.54) is 4.90 Å². The van der Waals surface area contributed by atoms with Gasteiger partial charge in [0, 0.05) is 28.7 Å². The van der Waals surface area contributed by atoms with Crippen LogP contribution in [-0.2, 0) is 9.53 Å². The number of aliphatic carboxylic acids is 1. The molecule has 1 aliphatic rings. The number of amides is 1. The first kappa shape index (κ1) is 15.6. The SMILES string of the molecule is Cc1csc(-c2ccc(C(=O)N3CCOC(C(=O)O)C3)cc2)n1. The summed E-state index contributed by atoms with van der Waals surface area (Å²) >= 11 is 1.56. The number of thiazole rings is 1. The Morgan fingerprint density at radius 1 is 1.35 bits per heavy atom. The van der Waals surface area contributed by atoms with Crippen LogP contribution < -0.4 is 0 Å². The number of ether oxygens (including phenoxy) is 1. The highest BCUT2D eigenvalue weighted by Crippen LogP contribution is 2.24. The fourth-order valence-corrected chi connectivity index (χ4v) is 3.21. The molecule has 0 saturated carbocycles. The normalized spacial score (nSPS) is 18.0. The van der Waals surface area contributed by atoms with E-state index >= 15 is 0 Å². The van der Waals surface area contributed by atoms with Gasteiger partial charge in [0.25, 0.3) is 5.91 Å². The Morgan fingerprint density at radius 3 is 2.70 bits per heavy atom. The van der Waals surface area contributed by atoms with Gasteiger partial charge >= 0.3 is 5.97 Å². The van der Waals surface area contributed by atoms with Crippen LogP contribution in [0.15, 0.2) is 29.6 Å². The number of rotatable bonds is 3. The van der Waals surface area contributed by atoms with Crippen LogP contribution in [-0.4, -0.2) is 52.7 Å². The molecule has 7 heteroatoms. The monoisotopic (exact) mass is 332 g/mol. The molecule has 1 aromatic carbocycles. The van der Waals surface area contributed by atoms with E-state index in [0.717, 1.165) is 16.3 Å². The molecular weight excluding hydrogens is 316 g/mol. The maximum atomic E-state index is 12.5. The zero-order valence-corrected chi connectivity index (χ0v) is 13.4. The summed E-state index contributed by atoms with van der Waals surface area (Å²) < 4.78 is 5.13. The molecule has 23 heavy (non-hydrogen) atoms. The van der Waals surface area contributed by atoms with Crippen LogP contribution in [0, 0.1) is 6.92 Å². The summed E-state index contributed by atoms with van der Waals surface area (Å²) in [5.41, 5.74) is 2.47. The average molecular weight is 332 g/mol. The molecule has 1 amide bonds. The molecule has 1 aromatic heterocycles. The van der Waals surface area contributed by atoms with Crippen molar-refractivity contribution in [3.63, 3.8) is 0 Å². The second-order valence-corrected chi connectivity index (χ2v) is 6.18. The molecule has 2 heterocycles. The molecule has 2 aromatic rings. The summed E-state index contributed by atoms with van der Waals surface area (Å²) in [6.45, 7) is 2.64. The second kappa shape index (κ2) is 6.47. The molecule has 0 bridgehead atoms. The zero-order chi connectivity index (χ0) is 16.4. The lowest BCUT2D eigenvalue weighted by Crippen LogP contribution is -2.48. The van der Waals surface area contributed by atoms with Gasteiger partial charge in [-0.05, 0) is 19.1 Å². The van der Waals surface area contributed by atoms with Crippen molar-refractivity contribution < 1.29 is 19.4 Å². The van der Waals surface area contributed by atoms with Crippen molar-refractivity contribution >= 4 is 23.2 Å². The van der Waals surface area contributed by atoms with Crippen LogP contribution in [0.1, 0.15) is 16.1 Å². The number of hydrogen-bond acceptors (Lipinski definition) is 5. The van der Waals surface area contributed by atoms with Gasteiger partial charge in [0.05, 0.1) is 13.2 Å². The van der Waals surface area contributed by atoms with Crippen molar-refractivity contribution in [1.29, 1.82) is 0 Å². The molecule has 0 aliphatic carbocycles. The Kier molecular flexibility index (Phi) is 4.40. The van der Waals surface area contributed by atoms with Gasteiger partial charge in [-0.2, -0.15) is 0 Å². The predicted octanol–water partition coefficient (Wildman–Crippen LogP) is 2.04. The first-order chi connectivity index (χ1) is 11.0. The lowest BCUT2D eigenvalue weighted by atomic mass is 10.1. The highest BCUT2D eigenvalue weighted by molar-refractivity contribution is 7.13. The number of nitrogens with zero attached hydrogens (tertiary/aromatic N) is 2. The van der Waals surface area contributed by atoms with Gasteiger partial charge in [-0.3, -0.25) is 4.79 Å². The summed E-state index contributed by atoms with van der Waals surface area (Å²) in [6.07, 6.45) is -0.953. The van der Waals surface area contributed by atoms with E-state index in [-0.39, 0.29) is 19.1 Å². The topological polar surface area (TPSA) is 79.7 Å². The number of morpholine rings is 1. The summed E-state index contributed by atoms with van der Waals surface area (Å²) in [5.74, 6) is -1.22. The van der Waals surface area contributed by atoms with E-state index in [0.29, 0.717) is 12.1 Å². The fourth-order valence-electron chi connectivity index (χ4n) is 2.41. The number of aromatic nitrogens is 1. The van der Waals surface area contributed by atoms with E-state index in [2.05, 4.69) is 4.98 Å². The number of carboxylic acids is 1. The Bertz CT molecular complexity index is 726. The summed E-state index contributed by atoms with van der Waals surface area (Å²) in [5, 5.41) is 11.9. The molecule has 1 atom stereocenters. The highest BCUT2D eigenvalue weighted by atomic mass is 32.1. The fraction of sp³-hybridized carbons (Fsp3) is 0.312. The number of carbonyl (C=O) groups is 2. The van der Waals surface area contributed by atoms with Crippen molar-refractivity contribution in [2.24, 2.45) is 0 Å². The van der Waals surface area contributed by atoms with Gasteiger partial charge in [-0.1, -0.05) is 12.1 Å². The average Bonchev–Trinajstić information content (AvgIpc) is 3.01. The van der Waals surface area contributed by atoms with Gasteiger partial charge in [0.15, 0.2) is 6.10 Å². The lowest BCUT2D eigenvalue weighted by Gasteiger charge is -2.30. The maximum absolute atomic E-state index is 12.5. The highest BCUT2D eigenvalue weighted by Gasteiger charge is 2.29. The largest absolute Gasteiger partial charge is 0.479 e. The minimum atomic E-state index is -1.04. The van der Waals surface area contributed by atoms with Gasteiger partial charge < -0.3 is 14.7 Å². The summed E-state index contributed by atoms with van der Waals surface area (Å²) in [6, 6.07) is 7.22. The summed E-state index contributed by atoms with van der Waals surface area (Å²) in [7, 11) is 0. The maximum Gasteiger partial charge on any atom is 0.334 e. The van der Waals surface area contributed by atoms with Gasteiger partial charge in [-0.15, -0.1) is 11.3 Å². The molecule has 0 spiro atoms. The minimum Gasteiger partial charge on any atom is -0.479 e. The Labute approximate surface area is 137 Å². The predicted molar refractivity (Wildman–Crippen MR) is 85.6 cm³/mol. The minimum absolute atomic E-state index is 0.0710. The summed E-state index contributed by atoms with van der Waals surface area (Å²) in [4.78, 5) is 29.4. The number of aryl methyl sites for hydroxylation is 1. The molecule has 1 aliphatic heterocycles. The zero-order valence-electron chi connectivity index (χ0n) is 12.6. The van der Waals surface area contributed by atoms with Crippen LogP contribution in [0.2, 0.25) is 0 Å². The Morgan fingerprint density at radius 2 is 2.09 bits per heavy atom. The van der Waals surface area contributed by atoms with E-state index in [1.807, 2.05) is 24.4 Å². The molecule has 1 saturated heterocycles. The standard InChI is InChI=1S/C16H16N2O4S/c1-10-9-23-14(17-10)11-2-4-12(5-3-11)15(19)18-6-7-22-13(8-18)16(20)21/h2-5,9,13H,6-8H2,1H3,(H,20,21). The van der Waals surface area contributed by atoms with E-state index in [9.17, 15) is 9.59 Å². The van der Waals surface area contributed by atoms with Crippen LogP contribution in [0.5, 0.6) is 0 Å². The van der Waals surface area contributed by atoms with Gasteiger partial charge in [0.2, 0.25) is 0 Å². The molecule has 1 unspecified atom stereocenters. The first-order valence-corrected chi connectivity index (χ1v) is 8.09. The van der Waals surface area contributed by atoms with E-state index in [1.54, 1.807) is 23.5 Å². The third kappa shape index (κ3) is 3.40. The van der Waals surface area contributed by atoms with Gasteiger partial charge in [0.1, 0.15) is 5.01 Å². The lowest BCUT2D eigenvalue weighted by molar-refractivity contribution is -0.154. The number of carboxylic acid groups (broad SMARTS) is 1. The van der Waals surface area contributed by atoms with Crippen molar-refractivity contribution in [3.8, 4) is 10.6 Å². The van der Waals surface area contributed by atoms with Crippen molar-refractivity contribution in [2.75, 3.05) is 19.7 Å².